The summed E-state index contributed by atoms with van der Waals surface area (Å²) in [5, 5.41) is 3.74. The van der Waals surface area contributed by atoms with Crippen LogP contribution in [0, 0.1) is 11.8 Å². The molecule has 2 atom stereocenters. The van der Waals surface area contributed by atoms with Crippen LogP contribution in [0.1, 0.15) is 54.4 Å². The molecule has 0 aromatic heterocycles. The zero-order valence-electron chi connectivity index (χ0n) is 14.7. The predicted molar refractivity (Wildman–Crippen MR) is 87.1 cm³/mol. The van der Waals surface area contributed by atoms with E-state index in [4.69, 9.17) is 4.74 Å². The number of nitrogens with zero attached hydrogens (tertiary/aromatic N) is 1. The van der Waals surface area contributed by atoms with Crippen molar-refractivity contribution in [3.05, 3.63) is 0 Å². The summed E-state index contributed by atoms with van der Waals surface area (Å²) in [6.45, 7) is 17.1. The van der Waals surface area contributed by atoms with Gasteiger partial charge in [-0.2, -0.15) is 0 Å². The first-order valence-electron chi connectivity index (χ1n) is 8.27. The van der Waals surface area contributed by atoms with Gasteiger partial charge in [-0.15, -0.1) is 0 Å². The summed E-state index contributed by atoms with van der Waals surface area (Å²) in [5.41, 5.74) is -0.0133. The summed E-state index contributed by atoms with van der Waals surface area (Å²) in [7, 11) is 1.82. The van der Waals surface area contributed by atoms with E-state index >= 15 is 0 Å². The van der Waals surface area contributed by atoms with Crippen molar-refractivity contribution in [3.8, 4) is 0 Å². The molecule has 0 aliphatic carbocycles. The van der Waals surface area contributed by atoms with Crippen molar-refractivity contribution < 1.29 is 4.74 Å². The Morgan fingerprint density at radius 1 is 1.25 bits per heavy atom. The standard InChI is InChI=1S/C17H36N2O/c1-13(2)10-15-11-18-16(14(3)4)12-19(15)9-8-17(5,6)20-7/h13-16,18H,8-12H2,1-7H3. The van der Waals surface area contributed by atoms with Crippen molar-refractivity contribution in [2.24, 2.45) is 11.8 Å². The Morgan fingerprint density at radius 2 is 1.90 bits per heavy atom. The van der Waals surface area contributed by atoms with Crippen molar-refractivity contribution in [2.75, 3.05) is 26.7 Å². The lowest BCUT2D eigenvalue weighted by atomic mass is 9.94. The molecule has 3 nitrogen and oxygen atoms in total. The van der Waals surface area contributed by atoms with Crippen molar-refractivity contribution in [1.82, 2.24) is 10.2 Å². The highest BCUT2D eigenvalue weighted by molar-refractivity contribution is 4.89. The molecule has 1 heterocycles. The van der Waals surface area contributed by atoms with Gasteiger partial charge in [-0.1, -0.05) is 27.7 Å². The van der Waals surface area contributed by atoms with Crippen molar-refractivity contribution >= 4 is 0 Å². The van der Waals surface area contributed by atoms with Crippen LogP contribution in [0.15, 0.2) is 0 Å². The summed E-state index contributed by atoms with van der Waals surface area (Å²) >= 11 is 0. The fourth-order valence-electron chi connectivity index (χ4n) is 2.89. The molecular weight excluding hydrogens is 248 g/mol. The van der Waals surface area contributed by atoms with Crippen LogP contribution >= 0.6 is 0 Å². The second kappa shape index (κ2) is 7.77. The molecule has 2 unspecified atom stereocenters. The third kappa shape index (κ3) is 5.71. The van der Waals surface area contributed by atoms with Crippen molar-refractivity contribution in [2.45, 2.75) is 72.1 Å². The van der Waals surface area contributed by atoms with E-state index in [-0.39, 0.29) is 5.60 Å². The Balaban J connectivity index is 2.61. The number of rotatable bonds is 7. The molecule has 3 heteroatoms. The Kier molecular flexibility index (Phi) is 6.96. The Hall–Kier alpha value is -0.120. The van der Waals surface area contributed by atoms with Gasteiger partial charge < -0.3 is 10.1 Å². The van der Waals surface area contributed by atoms with Gasteiger partial charge >= 0.3 is 0 Å². The van der Waals surface area contributed by atoms with E-state index in [1.54, 1.807) is 0 Å². The molecule has 1 aliphatic rings. The van der Waals surface area contributed by atoms with Crippen LogP contribution in [0.2, 0.25) is 0 Å². The zero-order chi connectivity index (χ0) is 15.3. The molecular formula is C17H36N2O. The molecule has 0 aromatic rings. The Bertz CT molecular complexity index is 276. The monoisotopic (exact) mass is 284 g/mol. The molecule has 120 valence electrons. The van der Waals surface area contributed by atoms with Gasteiger partial charge in [0.05, 0.1) is 5.60 Å². The normalized spacial score (nSPS) is 25.6. The highest BCUT2D eigenvalue weighted by atomic mass is 16.5. The number of piperazine rings is 1. The molecule has 0 aromatic carbocycles. The summed E-state index contributed by atoms with van der Waals surface area (Å²) in [5.74, 6) is 1.46. The minimum Gasteiger partial charge on any atom is -0.379 e. The van der Waals surface area contributed by atoms with Crippen LogP contribution in [0.3, 0.4) is 0 Å². The minimum absolute atomic E-state index is 0.0133. The van der Waals surface area contributed by atoms with Gasteiger partial charge in [0.2, 0.25) is 0 Å². The molecule has 20 heavy (non-hydrogen) atoms. The summed E-state index contributed by atoms with van der Waals surface area (Å²) in [6, 6.07) is 1.31. The second-order valence-corrected chi connectivity index (χ2v) is 7.75. The average Bonchev–Trinajstić information content (AvgIpc) is 2.36. The van der Waals surface area contributed by atoms with E-state index in [9.17, 15) is 0 Å². The molecule has 0 spiro atoms. The molecule has 1 N–H and O–H groups in total. The third-order valence-corrected chi connectivity index (χ3v) is 4.67. The minimum atomic E-state index is -0.0133. The smallest absolute Gasteiger partial charge is 0.0634 e. The maximum atomic E-state index is 5.58. The fraction of sp³-hybridized carbons (Fsp3) is 1.00. The topological polar surface area (TPSA) is 24.5 Å². The molecule has 0 saturated carbocycles. The lowest BCUT2D eigenvalue weighted by Gasteiger charge is -2.43. The van der Waals surface area contributed by atoms with Gasteiger partial charge in [0.15, 0.2) is 0 Å². The van der Waals surface area contributed by atoms with Crippen LogP contribution < -0.4 is 5.32 Å². The fourth-order valence-corrected chi connectivity index (χ4v) is 2.89. The largest absolute Gasteiger partial charge is 0.379 e. The maximum absolute atomic E-state index is 5.58. The van der Waals surface area contributed by atoms with Gasteiger partial charge in [0, 0.05) is 38.8 Å². The Morgan fingerprint density at radius 3 is 2.40 bits per heavy atom. The first kappa shape index (κ1) is 17.9. The SMILES string of the molecule is COC(C)(C)CCN1CC(C(C)C)NCC1CC(C)C. The Labute approximate surface area is 126 Å². The molecule has 1 fully saturated rings. The van der Waals surface area contributed by atoms with Crippen LogP contribution in [0.5, 0.6) is 0 Å². The van der Waals surface area contributed by atoms with Crippen LogP contribution in [0.25, 0.3) is 0 Å². The third-order valence-electron chi connectivity index (χ3n) is 4.67. The molecule has 1 aliphatic heterocycles. The molecule has 0 radical (unpaired) electrons. The summed E-state index contributed by atoms with van der Waals surface area (Å²) in [4.78, 5) is 2.70. The van der Waals surface area contributed by atoms with Gasteiger partial charge in [-0.3, -0.25) is 4.90 Å². The van der Waals surface area contributed by atoms with Crippen LogP contribution in [0.4, 0.5) is 0 Å². The van der Waals surface area contributed by atoms with E-state index in [1.165, 1.54) is 13.0 Å². The first-order valence-corrected chi connectivity index (χ1v) is 8.27. The molecule has 0 amide bonds. The number of hydrogen-bond acceptors (Lipinski definition) is 3. The lowest BCUT2D eigenvalue weighted by Crippen LogP contribution is -2.58. The van der Waals surface area contributed by atoms with Crippen LogP contribution in [-0.4, -0.2) is 49.3 Å². The van der Waals surface area contributed by atoms with Gasteiger partial charge in [-0.25, -0.2) is 0 Å². The molecule has 0 bridgehead atoms. The van der Waals surface area contributed by atoms with E-state index in [0.29, 0.717) is 18.0 Å². The lowest BCUT2D eigenvalue weighted by molar-refractivity contribution is -0.00293. The number of methoxy groups -OCH3 is 1. The van der Waals surface area contributed by atoms with Crippen molar-refractivity contribution in [1.29, 1.82) is 0 Å². The molecule has 1 rings (SSSR count). The first-order chi connectivity index (χ1) is 9.25. The number of hydrogen-bond donors (Lipinski definition) is 1. The quantitative estimate of drug-likeness (QED) is 0.777. The molecule has 1 saturated heterocycles. The highest BCUT2D eigenvalue weighted by Gasteiger charge is 2.30. The second-order valence-electron chi connectivity index (χ2n) is 7.75. The predicted octanol–water partition coefficient (Wildman–Crippen LogP) is 3.15. The van der Waals surface area contributed by atoms with Gasteiger partial charge in [0.25, 0.3) is 0 Å². The summed E-state index contributed by atoms with van der Waals surface area (Å²) < 4.78 is 5.58. The van der Waals surface area contributed by atoms with E-state index in [0.717, 1.165) is 25.4 Å². The van der Waals surface area contributed by atoms with Crippen LogP contribution in [-0.2, 0) is 4.74 Å². The number of ether oxygens (including phenoxy) is 1. The maximum Gasteiger partial charge on any atom is 0.0634 e. The highest BCUT2D eigenvalue weighted by Crippen LogP contribution is 2.21. The zero-order valence-corrected chi connectivity index (χ0v) is 14.7. The van der Waals surface area contributed by atoms with E-state index in [2.05, 4.69) is 51.8 Å². The van der Waals surface area contributed by atoms with E-state index in [1.807, 2.05) is 7.11 Å². The average molecular weight is 284 g/mol. The number of nitrogens with one attached hydrogen (secondary N) is 1. The van der Waals surface area contributed by atoms with Gasteiger partial charge in [0.1, 0.15) is 0 Å². The summed E-state index contributed by atoms with van der Waals surface area (Å²) in [6.07, 6.45) is 2.38. The van der Waals surface area contributed by atoms with Crippen molar-refractivity contribution in [3.63, 3.8) is 0 Å². The van der Waals surface area contributed by atoms with E-state index < -0.39 is 0 Å². The van der Waals surface area contributed by atoms with Gasteiger partial charge in [-0.05, 0) is 38.5 Å².